The average molecular weight is 486 g/mol. The molecule has 7 heteroatoms. The van der Waals surface area contributed by atoms with E-state index in [4.69, 9.17) is 4.74 Å². The van der Waals surface area contributed by atoms with Gasteiger partial charge >= 0.3 is 5.97 Å². The topological polar surface area (TPSA) is 88.6 Å². The van der Waals surface area contributed by atoms with E-state index in [1.807, 2.05) is 31.2 Å². The van der Waals surface area contributed by atoms with E-state index in [9.17, 15) is 14.4 Å². The van der Waals surface area contributed by atoms with Gasteiger partial charge in [-0.1, -0.05) is 49.6 Å². The number of anilines is 1. The minimum Gasteiger partial charge on any atom is -0.465 e. The van der Waals surface area contributed by atoms with Crippen molar-refractivity contribution >= 4 is 23.5 Å². The molecule has 2 amide bonds. The van der Waals surface area contributed by atoms with Crippen molar-refractivity contribution in [2.75, 3.05) is 12.0 Å². The summed E-state index contributed by atoms with van der Waals surface area (Å²) in [7, 11) is 1.32. The van der Waals surface area contributed by atoms with Crippen molar-refractivity contribution in [3.8, 4) is 0 Å². The number of carbonyl (C=O) groups excluding carboxylic acids is 3. The number of aromatic nitrogens is 1. The normalized spacial score (nSPS) is 14.5. The van der Waals surface area contributed by atoms with Crippen molar-refractivity contribution in [3.05, 3.63) is 95.3 Å². The van der Waals surface area contributed by atoms with E-state index in [1.165, 1.54) is 18.4 Å². The van der Waals surface area contributed by atoms with Crippen molar-refractivity contribution in [1.82, 2.24) is 10.3 Å². The lowest BCUT2D eigenvalue weighted by Gasteiger charge is -2.34. The Morgan fingerprint density at radius 1 is 0.944 bits per heavy atom. The van der Waals surface area contributed by atoms with Crippen LogP contribution in [0.5, 0.6) is 0 Å². The fraction of sp³-hybridized carbons (Fsp3) is 0.310. The molecule has 0 saturated heterocycles. The number of methoxy groups -OCH3 is 1. The molecule has 0 unspecified atom stereocenters. The molecule has 1 atom stereocenters. The van der Waals surface area contributed by atoms with E-state index in [2.05, 4.69) is 10.3 Å². The molecule has 0 spiro atoms. The maximum atomic E-state index is 13.9. The molecule has 3 aromatic rings. The maximum absolute atomic E-state index is 13.9. The number of nitrogens with zero attached hydrogens (tertiary/aromatic N) is 2. The lowest BCUT2D eigenvalue weighted by Crippen LogP contribution is -2.47. The summed E-state index contributed by atoms with van der Waals surface area (Å²) in [6, 6.07) is 18.3. The van der Waals surface area contributed by atoms with Crippen LogP contribution < -0.4 is 10.2 Å². The Bertz CT molecular complexity index is 1200. The Hall–Kier alpha value is -4.00. The van der Waals surface area contributed by atoms with Crippen molar-refractivity contribution < 1.29 is 19.1 Å². The molecule has 0 radical (unpaired) electrons. The number of nitrogens with one attached hydrogen (secondary N) is 1. The highest BCUT2D eigenvalue weighted by Crippen LogP contribution is 2.32. The molecule has 0 bridgehead atoms. The van der Waals surface area contributed by atoms with Crippen LogP contribution in [-0.2, 0) is 9.53 Å². The Balaban J connectivity index is 1.82. The van der Waals surface area contributed by atoms with Gasteiger partial charge in [-0.05, 0) is 67.3 Å². The highest BCUT2D eigenvalue weighted by Gasteiger charge is 2.36. The van der Waals surface area contributed by atoms with Gasteiger partial charge in [0.25, 0.3) is 5.91 Å². The summed E-state index contributed by atoms with van der Waals surface area (Å²) in [5.74, 6) is -1.12. The van der Waals surface area contributed by atoms with Crippen LogP contribution in [0.25, 0.3) is 0 Å². The van der Waals surface area contributed by atoms with Crippen molar-refractivity contribution in [1.29, 1.82) is 0 Å². The zero-order valence-corrected chi connectivity index (χ0v) is 20.6. The fourth-order valence-corrected chi connectivity index (χ4v) is 4.69. The van der Waals surface area contributed by atoms with Gasteiger partial charge in [-0.2, -0.15) is 0 Å². The average Bonchev–Trinajstić information content (AvgIpc) is 2.92. The molecule has 0 aliphatic heterocycles. The van der Waals surface area contributed by atoms with Crippen LogP contribution >= 0.6 is 0 Å². The van der Waals surface area contributed by atoms with Crippen LogP contribution in [0.3, 0.4) is 0 Å². The standard InChI is InChI=1S/C29H31N3O4/c1-20-10-6-7-13-24(20)26(27(33)31-22-11-4-3-5-12-22)32(28(34)25-14-8-9-19-30-25)23-17-15-21(16-18-23)29(35)36-2/h6-10,13-19,22,26H,3-5,11-12H2,1-2H3,(H,31,33)/t26-/m1/s1. The zero-order chi connectivity index (χ0) is 25.5. The SMILES string of the molecule is COC(=O)c1ccc(N(C(=O)c2ccccn2)[C@@H](C(=O)NC2CCCCC2)c2ccccc2C)cc1. The largest absolute Gasteiger partial charge is 0.465 e. The Morgan fingerprint density at radius 3 is 2.28 bits per heavy atom. The molecule has 1 saturated carbocycles. The maximum Gasteiger partial charge on any atom is 0.337 e. The second-order valence-electron chi connectivity index (χ2n) is 9.03. The molecule has 36 heavy (non-hydrogen) atoms. The first kappa shape index (κ1) is 25.1. The molecule has 7 nitrogen and oxygen atoms in total. The van der Waals surface area contributed by atoms with Gasteiger partial charge in [0, 0.05) is 17.9 Å². The van der Waals surface area contributed by atoms with Crippen LogP contribution in [0.4, 0.5) is 5.69 Å². The second-order valence-corrected chi connectivity index (χ2v) is 9.03. The van der Waals surface area contributed by atoms with Gasteiger partial charge in [0.1, 0.15) is 11.7 Å². The number of ether oxygens (including phenoxy) is 1. The highest BCUT2D eigenvalue weighted by atomic mass is 16.5. The summed E-state index contributed by atoms with van der Waals surface area (Å²) in [5, 5.41) is 3.21. The summed E-state index contributed by atoms with van der Waals surface area (Å²) in [4.78, 5) is 45.6. The van der Waals surface area contributed by atoms with E-state index >= 15 is 0 Å². The number of hydrogen-bond donors (Lipinski definition) is 1. The van der Waals surface area contributed by atoms with E-state index in [1.54, 1.807) is 48.7 Å². The van der Waals surface area contributed by atoms with Crippen LogP contribution in [-0.4, -0.2) is 35.9 Å². The first-order chi connectivity index (χ1) is 17.5. The number of esters is 1. The summed E-state index contributed by atoms with van der Waals surface area (Å²) >= 11 is 0. The summed E-state index contributed by atoms with van der Waals surface area (Å²) in [5.41, 5.74) is 2.67. The highest BCUT2D eigenvalue weighted by molar-refractivity contribution is 6.09. The lowest BCUT2D eigenvalue weighted by molar-refractivity contribution is -0.123. The molecular weight excluding hydrogens is 454 g/mol. The number of amides is 2. The van der Waals surface area contributed by atoms with Gasteiger partial charge in [-0.3, -0.25) is 19.5 Å². The monoisotopic (exact) mass is 485 g/mol. The number of rotatable bonds is 7. The van der Waals surface area contributed by atoms with Gasteiger partial charge in [-0.15, -0.1) is 0 Å². The third-order valence-electron chi connectivity index (χ3n) is 6.61. The predicted molar refractivity (Wildman–Crippen MR) is 138 cm³/mol. The third kappa shape index (κ3) is 5.62. The molecule has 1 aromatic heterocycles. The minimum absolute atomic E-state index is 0.0753. The zero-order valence-electron chi connectivity index (χ0n) is 20.6. The lowest BCUT2D eigenvalue weighted by atomic mass is 9.93. The Kier molecular flexibility index (Phi) is 8.10. The van der Waals surface area contributed by atoms with Crippen molar-refractivity contribution in [2.24, 2.45) is 0 Å². The smallest absolute Gasteiger partial charge is 0.337 e. The first-order valence-corrected chi connectivity index (χ1v) is 12.3. The number of hydrogen-bond acceptors (Lipinski definition) is 5. The number of carbonyl (C=O) groups is 3. The molecule has 186 valence electrons. The van der Waals surface area contributed by atoms with E-state index in [-0.39, 0.29) is 17.6 Å². The summed E-state index contributed by atoms with van der Waals surface area (Å²) in [6.07, 6.45) is 6.72. The van der Waals surface area contributed by atoms with Crippen LogP contribution in [0.1, 0.15) is 70.1 Å². The van der Waals surface area contributed by atoms with Crippen molar-refractivity contribution in [3.63, 3.8) is 0 Å². The van der Waals surface area contributed by atoms with Crippen LogP contribution in [0.15, 0.2) is 72.9 Å². The number of pyridine rings is 1. The van der Waals surface area contributed by atoms with E-state index in [0.29, 0.717) is 11.3 Å². The summed E-state index contributed by atoms with van der Waals surface area (Å²) in [6.45, 7) is 1.93. The molecule has 4 rings (SSSR count). The van der Waals surface area contributed by atoms with Crippen LogP contribution in [0, 0.1) is 6.92 Å². The molecular formula is C29H31N3O4. The predicted octanol–water partition coefficient (Wildman–Crippen LogP) is 5.01. The first-order valence-electron chi connectivity index (χ1n) is 12.3. The Morgan fingerprint density at radius 2 is 1.64 bits per heavy atom. The number of aryl methyl sites for hydroxylation is 1. The minimum atomic E-state index is -0.924. The second kappa shape index (κ2) is 11.6. The molecule has 1 aliphatic carbocycles. The van der Waals surface area contributed by atoms with Gasteiger partial charge in [0.15, 0.2) is 0 Å². The molecule has 1 N–H and O–H groups in total. The molecule has 1 fully saturated rings. The molecule has 1 heterocycles. The van der Waals surface area contributed by atoms with Gasteiger partial charge < -0.3 is 10.1 Å². The van der Waals surface area contributed by atoms with Gasteiger partial charge in [-0.25, -0.2) is 4.79 Å². The quantitative estimate of drug-likeness (QED) is 0.475. The Labute approximate surface area is 211 Å². The molecule has 2 aromatic carbocycles. The van der Waals surface area contributed by atoms with Gasteiger partial charge in [0.05, 0.1) is 12.7 Å². The molecule has 1 aliphatic rings. The van der Waals surface area contributed by atoms with Crippen LogP contribution in [0.2, 0.25) is 0 Å². The van der Waals surface area contributed by atoms with Gasteiger partial charge in [0.2, 0.25) is 5.91 Å². The van der Waals surface area contributed by atoms with E-state index < -0.39 is 17.9 Å². The van der Waals surface area contributed by atoms with Crippen molar-refractivity contribution in [2.45, 2.75) is 51.1 Å². The third-order valence-corrected chi connectivity index (χ3v) is 6.61. The fourth-order valence-electron chi connectivity index (χ4n) is 4.69. The summed E-state index contributed by atoms with van der Waals surface area (Å²) < 4.78 is 4.82. The number of benzene rings is 2. The van der Waals surface area contributed by atoms with E-state index in [0.717, 1.165) is 36.8 Å².